The first-order chi connectivity index (χ1) is 8.49. The van der Waals surface area contributed by atoms with E-state index in [0.29, 0.717) is 0 Å². The van der Waals surface area contributed by atoms with Crippen molar-refractivity contribution in [1.29, 1.82) is 0 Å². The molecule has 0 aliphatic rings. The molecule has 0 saturated heterocycles. The second kappa shape index (κ2) is 5.23. The van der Waals surface area contributed by atoms with Gasteiger partial charge in [0, 0.05) is 17.6 Å². The van der Waals surface area contributed by atoms with Crippen molar-refractivity contribution < 1.29 is 8.42 Å². The standard InChI is InChI=1S/C10H9ClN2O3S2/c11-9-4-8(6-12-10(9)14)18(15,16)13-5-7-2-1-3-17-7/h1-4,6,13H,5H2,(H,12,14). The lowest BCUT2D eigenvalue weighted by atomic mass is 10.5. The molecule has 2 aromatic heterocycles. The highest BCUT2D eigenvalue weighted by molar-refractivity contribution is 7.89. The van der Waals surface area contributed by atoms with Crippen LogP contribution in [0.5, 0.6) is 0 Å². The number of H-pyrrole nitrogens is 1. The van der Waals surface area contributed by atoms with Crippen LogP contribution in [0.3, 0.4) is 0 Å². The van der Waals surface area contributed by atoms with Crippen molar-refractivity contribution in [3.8, 4) is 0 Å². The highest BCUT2D eigenvalue weighted by atomic mass is 35.5. The van der Waals surface area contributed by atoms with Gasteiger partial charge in [-0.15, -0.1) is 11.3 Å². The molecule has 5 nitrogen and oxygen atoms in total. The lowest BCUT2D eigenvalue weighted by Gasteiger charge is -2.05. The number of aromatic amines is 1. The Labute approximate surface area is 112 Å². The van der Waals surface area contributed by atoms with Gasteiger partial charge in [0.05, 0.1) is 4.90 Å². The number of rotatable bonds is 4. The Morgan fingerprint density at radius 1 is 1.44 bits per heavy atom. The van der Waals surface area contributed by atoms with Crippen LogP contribution in [0.4, 0.5) is 0 Å². The SMILES string of the molecule is O=c1[nH]cc(S(=O)(=O)NCc2cccs2)cc1Cl. The monoisotopic (exact) mass is 304 g/mol. The number of aromatic nitrogens is 1. The Morgan fingerprint density at radius 3 is 2.83 bits per heavy atom. The first-order valence-electron chi connectivity index (χ1n) is 4.89. The summed E-state index contributed by atoms with van der Waals surface area (Å²) in [5, 5.41) is 1.70. The number of halogens is 1. The van der Waals surface area contributed by atoms with E-state index < -0.39 is 15.6 Å². The van der Waals surface area contributed by atoms with Crippen molar-refractivity contribution in [2.75, 3.05) is 0 Å². The first-order valence-corrected chi connectivity index (χ1v) is 7.63. The van der Waals surface area contributed by atoms with E-state index in [1.165, 1.54) is 11.3 Å². The van der Waals surface area contributed by atoms with Crippen molar-refractivity contribution in [2.45, 2.75) is 11.4 Å². The van der Waals surface area contributed by atoms with Crippen LogP contribution in [0, 0.1) is 0 Å². The Kier molecular flexibility index (Phi) is 3.86. The fraction of sp³-hybridized carbons (Fsp3) is 0.100. The van der Waals surface area contributed by atoms with Crippen LogP contribution in [0.15, 0.2) is 39.5 Å². The Bertz CT molecular complexity index is 692. The lowest BCUT2D eigenvalue weighted by molar-refractivity contribution is 0.581. The first kappa shape index (κ1) is 13.3. The van der Waals surface area contributed by atoms with Crippen molar-refractivity contribution in [3.63, 3.8) is 0 Å². The quantitative estimate of drug-likeness (QED) is 0.900. The van der Waals surface area contributed by atoms with E-state index in [4.69, 9.17) is 11.6 Å². The molecule has 0 bridgehead atoms. The number of hydrogen-bond acceptors (Lipinski definition) is 4. The van der Waals surface area contributed by atoms with Gasteiger partial charge in [0.25, 0.3) is 5.56 Å². The Morgan fingerprint density at radius 2 is 2.22 bits per heavy atom. The zero-order valence-electron chi connectivity index (χ0n) is 9.01. The van der Waals surface area contributed by atoms with Crippen LogP contribution in [-0.4, -0.2) is 13.4 Å². The number of thiophene rings is 1. The molecule has 2 heterocycles. The van der Waals surface area contributed by atoms with Crippen LogP contribution in [0.2, 0.25) is 5.02 Å². The second-order valence-electron chi connectivity index (χ2n) is 3.42. The van der Waals surface area contributed by atoms with Crippen LogP contribution >= 0.6 is 22.9 Å². The minimum Gasteiger partial charge on any atom is -0.326 e. The molecule has 0 atom stereocenters. The summed E-state index contributed by atoms with van der Waals surface area (Å²) in [6.45, 7) is 0.205. The Balaban J connectivity index is 2.20. The maximum absolute atomic E-state index is 11.9. The molecule has 0 radical (unpaired) electrons. The van der Waals surface area contributed by atoms with E-state index in [9.17, 15) is 13.2 Å². The molecular formula is C10H9ClN2O3S2. The molecule has 0 aromatic carbocycles. The van der Waals surface area contributed by atoms with Gasteiger partial charge in [-0.1, -0.05) is 17.7 Å². The van der Waals surface area contributed by atoms with Crippen molar-refractivity contribution in [2.24, 2.45) is 0 Å². The fourth-order valence-corrected chi connectivity index (χ4v) is 3.23. The summed E-state index contributed by atoms with van der Waals surface area (Å²) >= 11 is 7.04. The predicted octanol–water partition coefficient (Wildman–Crippen LogP) is 1.57. The van der Waals surface area contributed by atoms with Crippen molar-refractivity contribution >= 4 is 33.0 Å². The maximum atomic E-state index is 11.9. The third-order valence-corrected chi connectivity index (χ3v) is 4.70. The third-order valence-electron chi connectivity index (χ3n) is 2.16. The van der Waals surface area contributed by atoms with Crippen LogP contribution in [0.25, 0.3) is 0 Å². The van der Waals surface area contributed by atoms with Crippen LogP contribution < -0.4 is 10.3 Å². The number of hydrogen-bond donors (Lipinski definition) is 2. The van der Waals surface area contributed by atoms with E-state index in [2.05, 4.69) is 9.71 Å². The zero-order chi connectivity index (χ0) is 13.2. The summed E-state index contributed by atoms with van der Waals surface area (Å²) in [5.74, 6) is 0. The molecule has 2 aromatic rings. The third kappa shape index (κ3) is 2.99. The van der Waals surface area contributed by atoms with Gasteiger partial charge in [0.2, 0.25) is 10.0 Å². The molecule has 8 heteroatoms. The van der Waals surface area contributed by atoms with Crippen molar-refractivity contribution in [3.05, 3.63) is 50.0 Å². The highest BCUT2D eigenvalue weighted by Gasteiger charge is 2.15. The minimum absolute atomic E-state index is 0.0661. The molecule has 0 aliphatic carbocycles. The molecule has 18 heavy (non-hydrogen) atoms. The summed E-state index contributed by atoms with van der Waals surface area (Å²) in [6, 6.07) is 4.79. The van der Waals surface area contributed by atoms with E-state index in [0.717, 1.165) is 17.1 Å². The zero-order valence-corrected chi connectivity index (χ0v) is 11.4. The summed E-state index contributed by atoms with van der Waals surface area (Å²) in [6.07, 6.45) is 1.12. The number of pyridine rings is 1. The smallest absolute Gasteiger partial charge is 0.266 e. The summed E-state index contributed by atoms with van der Waals surface area (Å²) in [5.41, 5.74) is -0.520. The van der Waals surface area contributed by atoms with E-state index in [-0.39, 0.29) is 16.5 Å². The predicted molar refractivity (Wildman–Crippen MR) is 70.4 cm³/mol. The summed E-state index contributed by atoms with van der Waals surface area (Å²) in [4.78, 5) is 14.1. The van der Waals surface area contributed by atoms with E-state index in [1.54, 1.807) is 0 Å². The topological polar surface area (TPSA) is 79.0 Å². The highest BCUT2D eigenvalue weighted by Crippen LogP contribution is 2.13. The molecule has 2 rings (SSSR count). The Hall–Kier alpha value is -1.15. The molecule has 0 aliphatic heterocycles. The molecule has 0 fully saturated rings. The number of sulfonamides is 1. The molecule has 0 unspecified atom stereocenters. The fourth-order valence-electron chi connectivity index (χ4n) is 1.26. The minimum atomic E-state index is -3.67. The van der Waals surface area contributed by atoms with E-state index >= 15 is 0 Å². The van der Waals surface area contributed by atoms with Gasteiger partial charge in [-0.25, -0.2) is 13.1 Å². The molecular weight excluding hydrogens is 296 g/mol. The van der Waals surface area contributed by atoms with Gasteiger partial charge in [0.1, 0.15) is 5.02 Å². The van der Waals surface area contributed by atoms with Gasteiger partial charge in [-0.3, -0.25) is 4.79 Å². The molecule has 0 spiro atoms. The summed E-state index contributed by atoms with van der Waals surface area (Å²) < 4.78 is 26.2. The van der Waals surface area contributed by atoms with Gasteiger partial charge in [-0.05, 0) is 17.5 Å². The van der Waals surface area contributed by atoms with Gasteiger partial charge in [0.15, 0.2) is 0 Å². The van der Waals surface area contributed by atoms with Gasteiger partial charge >= 0.3 is 0 Å². The van der Waals surface area contributed by atoms with Crippen LogP contribution in [-0.2, 0) is 16.6 Å². The summed E-state index contributed by atoms with van der Waals surface area (Å²) in [7, 11) is -3.67. The largest absolute Gasteiger partial charge is 0.326 e. The van der Waals surface area contributed by atoms with Crippen molar-refractivity contribution in [1.82, 2.24) is 9.71 Å². The number of nitrogens with one attached hydrogen (secondary N) is 2. The van der Waals surface area contributed by atoms with Crippen LogP contribution in [0.1, 0.15) is 4.88 Å². The maximum Gasteiger partial charge on any atom is 0.266 e. The lowest BCUT2D eigenvalue weighted by Crippen LogP contribution is -2.24. The van der Waals surface area contributed by atoms with Gasteiger partial charge < -0.3 is 4.98 Å². The average molecular weight is 305 g/mol. The molecule has 2 N–H and O–H groups in total. The molecule has 96 valence electrons. The normalized spacial score (nSPS) is 11.6. The average Bonchev–Trinajstić information content (AvgIpc) is 2.83. The molecule has 0 saturated carbocycles. The second-order valence-corrected chi connectivity index (χ2v) is 6.62. The van der Waals surface area contributed by atoms with Gasteiger partial charge in [-0.2, -0.15) is 0 Å². The molecule has 0 amide bonds. The van der Waals surface area contributed by atoms with E-state index in [1.807, 2.05) is 17.5 Å².